The van der Waals surface area contributed by atoms with E-state index in [0.717, 1.165) is 5.56 Å². The molecule has 5 atom stereocenters. The number of hydrogen-bond acceptors (Lipinski definition) is 6. The van der Waals surface area contributed by atoms with Crippen molar-refractivity contribution >= 4 is 29.5 Å². The second-order valence-electron chi connectivity index (χ2n) is 6.36. The van der Waals surface area contributed by atoms with Gasteiger partial charge in [0.05, 0.1) is 10.7 Å². The first kappa shape index (κ1) is 17.0. The highest BCUT2D eigenvalue weighted by Gasteiger charge is 2.52. The molecular weight excluding hydrogens is 332 g/mol. The van der Waals surface area contributed by atoms with Gasteiger partial charge < -0.3 is 10.2 Å². The SMILES string of the molecule is C[C@@H]1SC(c2ccccc2O)N[C@@H]1[C@H]1SC[C@@](C)(C(=O)O)N1C. The van der Waals surface area contributed by atoms with Gasteiger partial charge in [0.2, 0.25) is 0 Å². The van der Waals surface area contributed by atoms with E-state index in [-0.39, 0.29) is 16.8 Å². The van der Waals surface area contributed by atoms with Crippen molar-refractivity contribution in [1.82, 2.24) is 10.2 Å². The zero-order valence-electron chi connectivity index (χ0n) is 13.4. The number of carbonyl (C=O) groups is 1. The van der Waals surface area contributed by atoms with Crippen LogP contribution in [-0.2, 0) is 4.79 Å². The molecule has 0 amide bonds. The maximum Gasteiger partial charge on any atom is 0.324 e. The molecule has 2 fully saturated rings. The standard InChI is InChI=1S/C16H22N2O3S2/c1-9-12(14-18(3)16(2,8-22-14)15(20)21)17-13(23-9)10-6-4-5-7-11(10)19/h4-7,9,12-14,17,19H,8H2,1-3H3,(H,20,21)/t9-,12-,13?,14+,16-/m0/s1. The fourth-order valence-corrected chi connectivity index (χ4v) is 6.44. The number of carboxylic acid groups (broad SMARTS) is 1. The van der Waals surface area contributed by atoms with E-state index in [4.69, 9.17) is 0 Å². The molecule has 23 heavy (non-hydrogen) atoms. The summed E-state index contributed by atoms with van der Waals surface area (Å²) >= 11 is 3.47. The van der Waals surface area contributed by atoms with Crippen molar-refractivity contribution in [3.63, 3.8) is 0 Å². The van der Waals surface area contributed by atoms with E-state index in [1.54, 1.807) is 36.5 Å². The monoisotopic (exact) mass is 354 g/mol. The first-order valence-corrected chi connectivity index (χ1v) is 9.61. The van der Waals surface area contributed by atoms with Crippen molar-refractivity contribution in [3.8, 4) is 5.75 Å². The Morgan fingerprint density at radius 2 is 2.13 bits per heavy atom. The number of likely N-dealkylation sites (N-methyl/N-ethyl adjacent to an activating group) is 1. The fourth-order valence-electron chi connectivity index (χ4n) is 3.13. The molecule has 126 valence electrons. The largest absolute Gasteiger partial charge is 0.508 e. The molecule has 3 rings (SSSR count). The molecular formula is C16H22N2O3S2. The van der Waals surface area contributed by atoms with Gasteiger partial charge in [-0.3, -0.25) is 15.0 Å². The van der Waals surface area contributed by atoms with Crippen LogP contribution in [0.3, 0.4) is 0 Å². The van der Waals surface area contributed by atoms with Crippen LogP contribution in [0.5, 0.6) is 5.75 Å². The number of phenolic OH excluding ortho intramolecular Hbond substituents is 1. The van der Waals surface area contributed by atoms with Gasteiger partial charge >= 0.3 is 5.97 Å². The first-order chi connectivity index (χ1) is 10.8. The number of nitrogens with one attached hydrogen (secondary N) is 1. The van der Waals surface area contributed by atoms with Crippen molar-refractivity contribution in [1.29, 1.82) is 0 Å². The second kappa shape index (κ2) is 6.20. The third kappa shape index (κ3) is 2.84. The van der Waals surface area contributed by atoms with Gasteiger partial charge in [-0.2, -0.15) is 0 Å². The molecule has 1 aromatic carbocycles. The number of thioether (sulfide) groups is 2. The van der Waals surface area contributed by atoms with Gasteiger partial charge in [-0.05, 0) is 20.0 Å². The average molecular weight is 354 g/mol. The summed E-state index contributed by atoms with van der Waals surface area (Å²) in [6, 6.07) is 7.54. The van der Waals surface area contributed by atoms with Gasteiger partial charge in [0.25, 0.3) is 0 Å². The topological polar surface area (TPSA) is 72.8 Å². The summed E-state index contributed by atoms with van der Waals surface area (Å²) in [5.74, 6) is 0.110. The lowest BCUT2D eigenvalue weighted by molar-refractivity contribution is -0.148. The summed E-state index contributed by atoms with van der Waals surface area (Å²) in [6.45, 7) is 3.95. The number of aromatic hydroxyl groups is 1. The average Bonchev–Trinajstić information content (AvgIpc) is 3.02. The lowest BCUT2D eigenvalue weighted by atomic mass is 10.0. The van der Waals surface area contributed by atoms with E-state index in [2.05, 4.69) is 12.2 Å². The van der Waals surface area contributed by atoms with Crippen LogP contribution in [0.25, 0.3) is 0 Å². The van der Waals surface area contributed by atoms with E-state index >= 15 is 0 Å². The maximum atomic E-state index is 11.6. The number of benzene rings is 1. The maximum absolute atomic E-state index is 11.6. The van der Waals surface area contributed by atoms with Gasteiger partial charge in [0, 0.05) is 22.6 Å². The predicted molar refractivity (Wildman–Crippen MR) is 94.9 cm³/mol. The number of aliphatic carboxylic acids is 1. The molecule has 2 saturated heterocycles. The summed E-state index contributed by atoms with van der Waals surface area (Å²) in [5.41, 5.74) is 0.0625. The smallest absolute Gasteiger partial charge is 0.324 e. The third-order valence-corrected chi connectivity index (χ3v) is 7.95. The number of para-hydroxylation sites is 1. The van der Waals surface area contributed by atoms with E-state index in [9.17, 15) is 15.0 Å². The van der Waals surface area contributed by atoms with Gasteiger partial charge in [-0.25, -0.2) is 0 Å². The summed E-state index contributed by atoms with van der Waals surface area (Å²) in [4.78, 5) is 13.6. The van der Waals surface area contributed by atoms with E-state index in [1.165, 1.54) is 0 Å². The number of carboxylic acids is 1. The van der Waals surface area contributed by atoms with Gasteiger partial charge in [0.15, 0.2) is 0 Å². The molecule has 0 saturated carbocycles. The van der Waals surface area contributed by atoms with Crippen LogP contribution >= 0.6 is 23.5 Å². The van der Waals surface area contributed by atoms with Crippen molar-refractivity contribution in [2.75, 3.05) is 12.8 Å². The Balaban J connectivity index is 1.78. The number of phenols is 1. The lowest BCUT2D eigenvalue weighted by Crippen LogP contribution is -2.55. The second-order valence-corrected chi connectivity index (χ2v) is 8.96. The Hall–Kier alpha value is -0.890. The Morgan fingerprint density at radius 3 is 2.74 bits per heavy atom. The molecule has 1 unspecified atom stereocenters. The van der Waals surface area contributed by atoms with Gasteiger partial charge in [-0.15, -0.1) is 23.5 Å². The summed E-state index contributed by atoms with van der Waals surface area (Å²) in [7, 11) is 1.89. The zero-order valence-corrected chi connectivity index (χ0v) is 15.0. The highest BCUT2D eigenvalue weighted by molar-refractivity contribution is 8.01. The Morgan fingerprint density at radius 1 is 1.43 bits per heavy atom. The van der Waals surface area contributed by atoms with Crippen LogP contribution in [0.2, 0.25) is 0 Å². The van der Waals surface area contributed by atoms with E-state index in [0.29, 0.717) is 16.8 Å². The molecule has 2 aliphatic rings. The van der Waals surface area contributed by atoms with Gasteiger partial charge in [-0.1, -0.05) is 25.1 Å². The van der Waals surface area contributed by atoms with Crippen LogP contribution in [0.1, 0.15) is 24.8 Å². The lowest BCUT2D eigenvalue weighted by Gasteiger charge is -2.34. The molecule has 0 aliphatic carbocycles. The molecule has 2 aliphatic heterocycles. The summed E-state index contributed by atoms with van der Waals surface area (Å²) < 4.78 is 0. The molecule has 1 aromatic rings. The van der Waals surface area contributed by atoms with Crippen LogP contribution in [-0.4, -0.2) is 56.1 Å². The minimum absolute atomic E-state index is 0.0295. The minimum atomic E-state index is -0.825. The Bertz CT molecular complexity index is 615. The number of hydrogen-bond donors (Lipinski definition) is 3. The fraction of sp³-hybridized carbons (Fsp3) is 0.562. The van der Waals surface area contributed by atoms with E-state index < -0.39 is 11.5 Å². The summed E-state index contributed by atoms with van der Waals surface area (Å²) in [6.07, 6.45) is 0. The summed E-state index contributed by atoms with van der Waals surface area (Å²) in [5, 5.41) is 23.7. The molecule has 0 bridgehead atoms. The van der Waals surface area contributed by atoms with Gasteiger partial charge in [0.1, 0.15) is 11.3 Å². The third-order valence-electron chi connectivity index (χ3n) is 4.88. The van der Waals surface area contributed by atoms with Crippen molar-refractivity contribution in [3.05, 3.63) is 29.8 Å². The zero-order chi connectivity index (χ0) is 16.8. The Kier molecular flexibility index (Phi) is 4.57. The first-order valence-electron chi connectivity index (χ1n) is 7.62. The molecule has 7 heteroatoms. The minimum Gasteiger partial charge on any atom is -0.508 e. The highest BCUT2D eigenvalue weighted by Crippen LogP contribution is 2.47. The highest BCUT2D eigenvalue weighted by atomic mass is 32.2. The molecule has 2 heterocycles. The van der Waals surface area contributed by atoms with E-state index in [1.807, 2.05) is 30.1 Å². The number of nitrogens with zero attached hydrogens (tertiary/aromatic N) is 1. The Labute approximate surface area is 144 Å². The van der Waals surface area contributed by atoms with Crippen molar-refractivity contribution in [2.24, 2.45) is 0 Å². The number of rotatable bonds is 3. The quantitative estimate of drug-likeness (QED) is 0.769. The molecule has 0 aromatic heterocycles. The normalized spacial score (nSPS) is 38.0. The molecule has 0 spiro atoms. The molecule has 5 nitrogen and oxygen atoms in total. The van der Waals surface area contributed by atoms with Crippen LogP contribution in [0.4, 0.5) is 0 Å². The molecule has 0 radical (unpaired) electrons. The predicted octanol–water partition coefficient (Wildman–Crippen LogP) is 2.33. The van der Waals surface area contributed by atoms with Crippen LogP contribution in [0.15, 0.2) is 24.3 Å². The van der Waals surface area contributed by atoms with Crippen LogP contribution in [0, 0.1) is 0 Å². The molecule has 3 N–H and O–H groups in total. The van der Waals surface area contributed by atoms with Crippen molar-refractivity contribution < 1.29 is 15.0 Å². The van der Waals surface area contributed by atoms with Crippen LogP contribution < -0.4 is 5.32 Å². The van der Waals surface area contributed by atoms with Crippen molar-refractivity contribution in [2.45, 2.75) is 41.4 Å².